The first kappa shape index (κ1) is 21.8. The van der Waals surface area contributed by atoms with Gasteiger partial charge in [-0.05, 0) is 60.7 Å². The minimum absolute atomic E-state index is 0.164. The lowest BCUT2D eigenvalue weighted by Gasteiger charge is -2.31. The lowest BCUT2D eigenvalue weighted by atomic mass is 9.92. The fraction of sp³-hybridized carbons (Fsp3) is 0.526. The van der Waals surface area contributed by atoms with E-state index in [1.165, 1.54) is 0 Å². The highest BCUT2D eigenvalue weighted by Gasteiger charge is 2.31. The molecule has 148 valence electrons. The number of hydrogen-bond donors (Lipinski definition) is 1. The molecule has 1 N–H and O–H groups in total. The van der Waals surface area contributed by atoms with Crippen LogP contribution in [0.5, 0.6) is 0 Å². The average Bonchev–Trinajstić information content (AvgIpc) is 2.57. The smallest absolute Gasteiger partial charge is 0.253 e. The monoisotopic (exact) mass is 415 g/mol. The van der Waals surface area contributed by atoms with E-state index < -0.39 is 16.4 Å². The van der Waals surface area contributed by atoms with Gasteiger partial charge in [-0.2, -0.15) is 0 Å². The van der Waals surface area contributed by atoms with Crippen LogP contribution in [0.25, 0.3) is 0 Å². The largest absolute Gasteiger partial charge is 0.351 e. The van der Waals surface area contributed by atoms with Crippen molar-refractivity contribution in [2.24, 2.45) is 11.8 Å². The zero-order valence-corrected chi connectivity index (χ0v) is 17.5. The molecule has 0 saturated carbocycles. The first-order valence-electron chi connectivity index (χ1n) is 8.63. The fourth-order valence-electron chi connectivity index (χ4n) is 3.28. The Morgan fingerprint density at radius 2 is 1.37 bits per heavy atom. The van der Waals surface area contributed by atoms with Crippen LogP contribution in [0.3, 0.4) is 0 Å². The van der Waals surface area contributed by atoms with Crippen LogP contribution >= 0.6 is 23.2 Å². The number of hydrogen-bond acceptors (Lipinski definition) is 5. The van der Waals surface area contributed by atoms with Crippen LogP contribution in [0.15, 0.2) is 0 Å². The summed E-state index contributed by atoms with van der Waals surface area (Å²) >= 11 is 11.4. The molecule has 0 atom stereocenters. The summed E-state index contributed by atoms with van der Waals surface area (Å²) < 4.78 is 11.2. The summed E-state index contributed by atoms with van der Waals surface area (Å²) in [5.41, 5.74) is 2.04. The number of halogens is 2. The molecule has 8 heteroatoms. The molecule has 1 amide bonds. The molecule has 1 aromatic rings. The predicted molar refractivity (Wildman–Crippen MR) is 104 cm³/mol. The predicted octanol–water partition coefficient (Wildman–Crippen LogP) is 3.95. The molecule has 0 aliphatic carbocycles. The van der Waals surface area contributed by atoms with Crippen molar-refractivity contribution in [3.63, 3.8) is 0 Å². The van der Waals surface area contributed by atoms with E-state index in [2.05, 4.69) is 5.32 Å². The second kappa shape index (κ2) is 8.69. The maximum atomic E-state index is 12.7. The molecule has 1 aromatic carbocycles. The number of benzene rings is 1. The highest BCUT2D eigenvalue weighted by molar-refractivity contribution is 6.69. The SMILES string of the molecule is Cc1c(NC(=O)C2COC(C(C)C)OC2)c(C)c(C(=O)Cl)c(C)c1C(=O)Cl. The Morgan fingerprint density at radius 1 is 0.926 bits per heavy atom. The number of nitrogens with one attached hydrogen (secondary N) is 1. The third-order valence-electron chi connectivity index (χ3n) is 4.73. The van der Waals surface area contributed by atoms with Gasteiger partial charge in [0.15, 0.2) is 6.29 Å². The zero-order valence-electron chi connectivity index (χ0n) is 15.9. The van der Waals surface area contributed by atoms with Crippen LogP contribution in [-0.4, -0.2) is 35.9 Å². The molecule has 6 nitrogen and oxygen atoms in total. The van der Waals surface area contributed by atoms with Gasteiger partial charge in [-0.3, -0.25) is 14.4 Å². The van der Waals surface area contributed by atoms with E-state index in [0.29, 0.717) is 22.4 Å². The zero-order chi connectivity index (χ0) is 20.5. The molecule has 0 aromatic heterocycles. The minimum Gasteiger partial charge on any atom is -0.351 e. The van der Waals surface area contributed by atoms with Gasteiger partial charge >= 0.3 is 0 Å². The minimum atomic E-state index is -0.719. The second-order valence-electron chi connectivity index (χ2n) is 7.01. The van der Waals surface area contributed by atoms with Gasteiger partial charge in [0.25, 0.3) is 10.5 Å². The first-order chi connectivity index (χ1) is 12.6. The summed E-state index contributed by atoms with van der Waals surface area (Å²) in [4.78, 5) is 36.4. The summed E-state index contributed by atoms with van der Waals surface area (Å²) in [6.07, 6.45) is -0.335. The van der Waals surface area contributed by atoms with Crippen molar-refractivity contribution in [3.8, 4) is 0 Å². The molecule has 1 fully saturated rings. The van der Waals surface area contributed by atoms with Crippen molar-refractivity contribution in [3.05, 3.63) is 27.8 Å². The third kappa shape index (κ3) is 4.51. The van der Waals surface area contributed by atoms with E-state index >= 15 is 0 Å². The summed E-state index contributed by atoms with van der Waals surface area (Å²) in [7, 11) is 0. The molecule has 1 aliphatic heterocycles. The standard InChI is InChI=1S/C19H23Cl2NO5/c1-8(2)19-26-6-12(7-27-19)18(25)22-15-10(4)13(16(20)23)9(3)14(11(15)5)17(21)24/h8,12,19H,6-7H2,1-5H3,(H,22,25). The van der Waals surface area contributed by atoms with Crippen LogP contribution < -0.4 is 5.32 Å². The van der Waals surface area contributed by atoms with Crippen LogP contribution in [0.1, 0.15) is 51.3 Å². The molecule has 0 bridgehead atoms. The molecule has 0 spiro atoms. The van der Waals surface area contributed by atoms with E-state index in [-0.39, 0.29) is 42.5 Å². The second-order valence-corrected chi connectivity index (χ2v) is 7.70. The van der Waals surface area contributed by atoms with Gasteiger partial charge in [0.1, 0.15) is 0 Å². The van der Waals surface area contributed by atoms with E-state index in [1.54, 1.807) is 20.8 Å². The molecule has 1 heterocycles. The molecule has 2 rings (SSSR count). The number of amides is 1. The van der Waals surface area contributed by atoms with E-state index in [0.717, 1.165) is 0 Å². The van der Waals surface area contributed by atoms with Crippen LogP contribution in [0, 0.1) is 32.6 Å². The van der Waals surface area contributed by atoms with Crippen molar-refractivity contribution in [2.75, 3.05) is 18.5 Å². The normalized spacial score (nSPS) is 19.9. The Bertz CT molecular complexity index is 742. The molecule has 0 radical (unpaired) electrons. The summed E-state index contributed by atoms with van der Waals surface area (Å²) in [6, 6.07) is 0. The molecular weight excluding hydrogens is 393 g/mol. The fourth-order valence-corrected chi connectivity index (χ4v) is 3.84. The topological polar surface area (TPSA) is 81.7 Å². The van der Waals surface area contributed by atoms with Gasteiger partial charge in [-0.1, -0.05) is 13.8 Å². The molecule has 1 aliphatic rings. The van der Waals surface area contributed by atoms with Crippen molar-refractivity contribution < 1.29 is 23.9 Å². The maximum absolute atomic E-state index is 12.7. The first-order valence-corrected chi connectivity index (χ1v) is 9.39. The Kier molecular flexibility index (Phi) is 7.03. The molecule has 1 saturated heterocycles. The third-order valence-corrected chi connectivity index (χ3v) is 5.11. The van der Waals surface area contributed by atoms with Gasteiger partial charge in [0.2, 0.25) is 5.91 Å². The number of carbonyl (C=O) groups excluding carboxylic acids is 3. The Balaban J connectivity index is 2.34. The average molecular weight is 416 g/mol. The molecule has 0 unspecified atom stereocenters. The van der Waals surface area contributed by atoms with Crippen molar-refractivity contribution in [2.45, 2.75) is 40.9 Å². The van der Waals surface area contributed by atoms with Crippen molar-refractivity contribution in [1.29, 1.82) is 0 Å². The highest BCUT2D eigenvalue weighted by Crippen LogP contribution is 2.33. The van der Waals surface area contributed by atoms with Crippen LogP contribution in [-0.2, 0) is 14.3 Å². The van der Waals surface area contributed by atoms with Gasteiger partial charge in [0, 0.05) is 22.7 Å². The Hall–Kier alpha value is -1.47. The quantitative estimate of drug-likeness (QED) is 0.735. The van der Waals surface area contributed by atoms with E-state index in [1.807, 2.05) is 13.8 Å². The summed E-state index contributed by atoms with van der Waals surface area (Å²) in [5.74, 6) is -0.649. The lowest BCUT2D eigenvalue weighted by Crippen LogP contribution is -2.41. The molecular formula is C19H23Cl2NO5. The van der Waals surface area contributed by atoms with Gasteiger partial charge < -0.3 is 14.8 Å². The van der Waals surface area contributed by atoms with Gasteiger partial charge in [-0.15, -0.1) is 0 Å². The van der Waals surface area contributed by atoms with E-state index in [9.17, 15) is 14.4 Å². The highest BCUT2D eigenvalue weighted by atomic mass is 35.5. The summed E-state index contributed by atoms with van der Waals surface area (Å²) in [5, 5.41) is 1.35. The number of ether oxygens (including phenoxy) is 2. The van der Waals surface area contributed by atoms with Crippen LogP contribution in [0.2, 0.25) is 0 Å². The Morgan fingerprint density at radius 3 is 1.74 bits per heavy atom. The lowest BCUT2D eigenvalue weighted by molar-refractivity contribution is -0.217. The molecule has 27 heavy (non-hydrogen) atoms. The number of carbonyl (C=O) groups is 3. The van der Waals surface area contributed by atoms with Gasteiger partial charge in [0.05, 0.1) is 19.1 Å². The van der Waals surface area contributed by atoms with Crippen molar-refractivity contribution in [1.82, 2.24) is 0 Å². The summed E-state index contributed by atoms with van der Waals surface area (Å²) in [6.45, 7) is 9.32. The number of anilines is 1. The number of rotatable bonds is 5. The van der Waals surface area contributed by atoms with Gasteiger partial charge in [-0.25, -0.2) is 0 Å². The maximum Gasteiger partial charge on any atom is 0.253 e. The van der Waals surface area contributed by atoms with E-state index in [4.69, 9.17) is 32.7 Å². The Labute approximate surface area is 168 Å². The van der Waals surface area contributed by atoms with Crippen molar-refractivity contribution >= 4 is 45.3 Å². The van der Waals surface area contributed by atoms with Crippen LogP contribution in [0.4, 0.5) is 5.69 Å².